The molecule has 0 bridgehead atoms. The van der Waals surface area contributed by atoms with Crippen molar-refractivity contribution in [1.29, 1.82) is 0 Å². The van der Waals surface area contributed by atoms with E-state index in [-0.39, 0.29) is 5.04 Å². The van der Waals surface area contributed by atoms with Crippen molar-refractivity contribution in [3.8, 4) is 0 Å². The minimum atomic E-state index is -1.87. The SMILES string of the molecule is CNC(C)(O)O[Si](C)(C)C(C)(C)C. The fourth-order valence-electron chi connectivity index (χ4n) is 0.701. The molecule has 0 aromatic heterocycles. The fourth-order valence-corrected chi connectivity index (χ4v) is 2.10. The van der Waals surface area contributed by atoms with Crippen LogP contribution in [0, 0.1) is 0 Å². The number of rotatable bonds is 3. The van der Waals surface area contributed by atoms with E-state index in [2.05, 4.69) is 39.2 Å². The van der Waals surface area contributed by atoms with E-state index in [0.717, 1.165) is 0 Å². The van der Waals surface area contributed by atoms with E-state index >= 15 is 0 Å². The summed E-state index contributed by atoms with van der Waals surface area (Å²) in [5.74, 6) is -1.21. The lowest BCUT2D eigenvalue weighted by molar-refractivity contribution is -0.151. The van der Waals surface area contributed by atoms with Crippen LogP contribution >= 0.6 is 0 Å². The predicted molar refractivity (Wildman–Crippen MR) is 58.0 cm³/mol. The molecular formula is C9H23NO2Si. The molecule has 0 fully saturated rings. The third kappa shape index (κ3) is 3.77. The zero-order valence-corrected chi connectivity index (χ0v) is 10.9. The Morgan fingerprint density at radius 1 is 1.15 bits per heavy atom. The van der Waals surface area contributed by atoms with Gasteiger partial charge in [0.1, 0.15) is 0 Å². The first-order chi connectivity index (χ1) is 5.52. The van der Waals surface area contributed by atoms with Crippen LogP contribution in [0.1, 0.15) is 27.7 Å². The van der Waals surface area contributed by atoms with Crippen LogP contribution in [0.15, 0.2) is 0 Å². The Labute approximate surface area is 82.6 Å². The van der Waals surface area contributed by atoms with Gasteiger partial charge in [0.2, 0.25) is 5.91 Å². The number of nitrogens with one attached hydrogen (secondary N) is 1. The van der Waals surface area contributed by atoms with Gasteiger partial charge in [0.05, 0.1) is 0 Å². The molecule has 1 unspecified atom stereocenters. The van der Waals surface area contributed by atoms with Crippen LogP contribution in [0.3, 0.4) is 0 Å². The monoisotopic (exact) mass is 205 g/mol. The molecule has 0 aliphatic carbocycles. The highest BCUT2D eigenvalue weighted by Gasteiger charge is 2.41. The molecule has 0 aliphatic rings. The van der Waals surface area contributed by atoms with Crippen LogP contribution in [-0.2, 0) is 4.43 Å². The van der Waals surface area contributed by atoms with Gasteiger partial charge < -0.3 is 9.53 Å². The fraction of sp³-hybridized carbons (Fsp3) is 1.00. The normalized spacial score (nSPS) is 18.5. The van der Waals surface area contributed by atoms with Gasteiger partial charge in [-0.25, -0.2) is 0 Å². The van der Waals surface area contributed by atoms with Crippen LogP contribution < -0.4 is 5.32 Å². The lowest BCUT2D eigenvalue weighted by Crippen LogP contribution is -2.54. The van der Waals surface area contributed by atoms with Crippen molar-refractivity contribution in [3.63, 3.8) is 0 Å². The third-order valence-corrected chi connectivity index (χ3v) is 7.24. The van der Waals surface area contributed by atoms with Crippen LogP contribution in [0.5, 0.6) is 0 Å². The van der Waals surface area contributed by atoms with Crippen molar-refractivity contribution in [2.45, 2.75) is 51.7 Å². The molecule has 0 rings (SSSR count). The molecule has 80 valence electrons. The first kappa shape index (κ1) is 13.1. The van der Waals surface area contributed by atoms with E-state index in [1.165, 1.54) is 0 Å². The lowest BCUT2D eigenvalue weighted by atomic mass is 10.2. The van der Waals surface area contributed by atoms with Gasteiger partial charge in [-0.15, -0.1) is 0 Å². The highest BCUT2D eigenvalue weighted by molar-refractivity contribution is 6.74. The molecule has 0 saturated heterocycles. The standard InChI is InChI=1S/C9H23NO2Si/c1-8(2,3)13(6,7)12-9(4,11)10-5/h10-11H,1-7H3. The van der Waals surface area contributed by atoms with E-state index in [0.29, 0.717) is 0 Å². The summed E-state index contributed by atoms with van der Waals surface area (Å²) in [6, 6.07) is 0. The van der Waals surface area contributed by atoms with Crippen LogP contribution in [-0.4, -0.2) is 26.4 Å². The van der Waals surface area contributed by atoms with Gasteiger partial charge in [0, 0.05) is 6.92 Å². The summed E-state index contributed by atoms with van der Waals surface area (Å²) < 4.78 is 5.72. The second-order valence-electron chi connectivity index (χ2n) is 5.10. The maximum Gasteiger partial charge on any atom is 0.212 e. The third-order valence-electron chi connectivity index (χ3n) is 2.72. The summed E-state index contributed by atoms with van der Waals surface area (Å²) in [4.78, 5) is 0. The average Bonchev–Trinajstić information content (AvgIpc) is 1.83. The molecule has 0 aromatic rings. The molecule has 3 nitrogen and oxygen atoms in total. The minimum absolute atomic E-state index is 0.119. The number of hydrogen-bond donors (Lipinski definition) is 2. The van der Waals surface area contributed by atoms with E-state index in [1.807, 2.05) is 0 Å². The Morgan fingerprint density at radius 2 is 1.54 bits per heavy atom. The lowest BCUT2D eigenvalue weighted by Gasteiger charge is -2.41. The summed E-state index contributed by atoms with van der Waals surface area (Å²) in [5.41, 5.74) is 0. The molecule has 0 heterocycles. The van der Waals surface area contributed by atoms with Gasteiger partial charge in [-0.2, -0.15) is 0 Å². The molecule has 0 spiro atoms. The first-order valence-corrected chi connectivity index (χ1v) is 7.54. The second-order valence-corrected chi connectivity index (χ2v) is 9.82. The number of aliphatic hydroxyl groups is 1. The maximum atomic E-state index is 9.72. The minimum Gasteiger partial charge on any atom is -0.379 e. The average molecular weight is 205 g/mol. The van der Waals surface area contributed by atoms with Gasteiger partial charge in [-0.05, 0) is 25.2 Å². The molecule has 0 amide bonds. The van der Waals surface area contributed by atoms with Crippen molar-refractivity contribution in [2.75, 3.05) is 7.05 Å². The van der Waals surface area contributed by atoms with Gasteiger partial charge in [0.15, 0.2) is 8.32 Å². The summed E-state index contributed by atoms with van der Waals surface area (Å²) >= 11 is 0. The smallest absolute Gasteiger partial charge is 0.212 e. The van der Waals surface area contributed by atoms with Crippen LogP contribution in [0.2, 0.25) is 18.1 Å². The van der Waals surface area contributed by atoms with Crippen LogP contribution in [0.25, 0.3) is 0 Å². The quantitative estimate of drug-likeness (QED) is 0.546. The Hall–Kier alpha value is 0.0969. The van der Waals surface area contributed by atoms with Crippen molar-refractivity contribution < 1.29 is 9.53 Å². The van der Waals surface area contributed by atoms with E-state index in [1.54, 1.807) is 14.0 Å². The van der Waals surface area contributed by atoms with Crippen molar-refractivity contribution >= 4 is 8.32 Å². The summed E-state index contributed by atoms with van der Waals surface area (Å²) in [6.45, 7) is 12.3. The molecule has 0 aromatic carbocycles. The molecule has 4 heteroatoms. The Bertz CT molecular complexity index is 173. The van der Waals surface area contributed by atoms with Crippen LogP contribution in [0.4, 0.5) is 0 Å². The second kappa shape index (κ2) is 3.69. The summed E-state index contributed by atoms with van der Waals surface area (Å²) in [7, 11) is -0.186. The van der Waals surface area contributed by atoms with E-state index in [9.17, 15) is 5.11 Å². The Balaban J connectivity index is 4.52. The Kier molecular flexibility index (Phi) is 3.72. The topological polar surface area (TPSA) is 41.5 Å². The molecule has 2 N–H and O–H groups in total. The first-order valence-electron chi connectivity index (χ1n) is 4.63. The van der Waals surface area contributed by atoms with Gasteiger partial charge >= 0.3 is 0 Å². The largest absolute Gasteiger partial charge is 0.379 e. The predicted octanol–water partition coefficient (Wildman–Crippen LogP) is 1.89. The number of hydrogen-bond acceptors (Lipinski definition) is 3. The summed E-state index contributed by atoms with van der Waals surface area (Å²) in [5, 5.41) is 12.6. The molecular weight excluding hydrogens is 182 g/mol. The van der Waals surface area contributed by atoms with E-state index < -0.39 is 14.2 Å². The zero-order valence-electron chi connectivity index (χ0n) is 9.86. The maximum absolute atomic E-state index is 9.72. The van der Waals surface area contributed by atoms with Crippen molar-refractivity contribution in [3.05, 3.63) is 0 Å². The summed E-state index contributed by atoms with van der Waals surface area (Å²) in [6.07, 6.45) is 0. The van der Waals surface area contributed by atoms with E-state index in [4.69, 9.17) is 4.43 Å². The molecule has 1 atom stereocenters. The molecule has 0 saturated carbocycles. The zero-order chi connectivity index (χ0) is 10.9. The van der Waals surface area contributed by atoms with Gasteiger partial charge in [-0.1, -0.05) is 20.8 Å². The Morgan fingerprint density at radius 3 is 1.77 bits per heavy atom. The van der Waals surface area contributed by atoms with Gasteiger partial charge in [-0.3, -0.25) is 5.32 Å². The van der Waals surface area contributed by atoms with Crippen molar-refractivity contribution in [2.24, 2.45) is 0 Å². The molecule has 0 radical (unpaired) electrons. The molecule has 0 aliphatic heterocycles. The highest BCUT2D eigenvalue weighted by atomic mass is 28.4. The van der Waals surface area contributed by atoms with Crippen molar-refractivity contribution in [1.82, 2.24) is 5.32 Å². The van der Waals surface area contributed by atoms with Gasteiger partial charge in [0.25, 0.3) is 0 Å². The highest BCUT2D eigenvalue weighted by Crippen LogP contribution is 2.38. The molecule has 13 heavy (non-hydrogen) atoms.